The monoisotopic (exact) mass is 205 g/mol. The molecule has 1 N–H and O–H groups in total. The molecule has 1 heterocycles. The van der Waals surface area contributed by atoms with Gasteiger partial charge in [-0.15, -0.1) is 0 Å². The van der Waals surface area contributed by atoms with Crippen LogP contribution in [0.3, 0.4) is 0 Å². The normalized spacial score (nSPS) is 22.1. The van der Waals surface area contributed by atoms with Gasteiger partial charge in [0.05, 0.1) is 0 Å². The van der Waals surface area contributed by atoms with Gasteiger partial charge in [0.1, 0.15) is 0 Å². The van der Waals surface area contributed by atoms with Crippen molar-refractivity contribution in [2.75, 3.05) is 6.54 Å². The largest absolute Gasteiger partial charge is 0.384 e. The van der Waals surface area contributed by atoms with Crippen molar-refractivity contribution in [1.82, 2.24) is 5.32 Å². The summed E-state index contributed by atoms with van der Waals surface area (Å²) < 4.78 is 0. The molecule has 1 nitrogen and oxygen atoms in total. The van der Waals surface area contributed by atoms with Gasteiger partial charge in [-0.3, -0.25) is 0 Å². The van der Waals surface area contributed by atoms with Crippen LogP contribution in [-0.2, 0) is 0 Å². The predicted molar refractivity (Wildman–Crippen MR) is 67.7 cm³/mol. The molecular weight excluding hydrogens is 182 g/mol. The molecule has 1 aliphatic heterocycles. The van der Waals surface area contributed by atoms with E-state index < -0.39 is 0 Å². The highest BCUT2D eigenvalue weighted by Gasteiger charge is 2.43. The Hall–Kier alpha value is -0.980. The predicted octanol–water partition coefficient (Wildman–Crippen LogP) is 3.80. The van der Waals surface area contributed by atoms with Crippen molar-refractivity contribution < 1.29 is 0 Å². The number of allylic oxidation sites excluding steroid dienone is 3. The molecule has 1 fully saturated rings. The van der Waals surface area contributed by atoms with Crippen molar-refractivity contribution in [1.29, 1.82) is 0 Å². The molecule has 0 radical (unpaired) electrons. The molecule has 84 valence electrons. The Morgan fingerprint density at radius 3 is 2.40 bits per heavy atom. The smallest absolute Gasteiger partial charge is 0.0375 e. The summed E-state index contributed by atoms with van der Waals surface area (Å²) in [7, 11) is 0. The van der Waals surface area contributed by atoms with Gasteiger partial charge in [0.2, 0.25) is 0 Å². The molecule has 1 aliphatic carbocycles. The number of rotatable bonds is 2. The summed E-state index contributed by atoms with van der Waals surface area (Å²) >= 11 is 0. The molecule has 0 aromatic carbocycles. The fourth-order valence-corrected chi connectivity index (χ4v) is 2.43. The van der Waals surface area contributed by atoms with Crippen LogP contribution in [0.2, 0.25) is 0 Å². The Kier molecular flexibility index (Phi) is 4.19. The highest BCUT2D eigenvalue weighted by atomic mass is 14.9. The Balaban J connectivity index is 0.000000531. The molecule has 1 saturated carbocycles. The van der Waals surface area contributed by atoms with Crippen molar-refractivity contribution in [2.24, 2.45) is 5.41 Å². The minimum absolute atomic E-state index is 0.455. The molecule has 2 rings (SSSR count). The van der Waals surface area contributed by atoms with E-state index in [0.29, 0.717) is 5.41 Å². The summed E-state index contributed by atoms with van der Waals surface area (Å²) in [5.41, 5.74) is 3.19. The van der Waals surface area contributed by atoms with E-state index in [1.807, 2.05) is 19.9 Å². The van der Waals surface area contributed by atoms with Crippen LogP contribution < -0.4 is 5.32 Å². The lowest BCUT2D eigenvalue weighted by Crippen LogP contribution is -2.34. The first-order valence-electron chi connectivity index (χ1n) is 6.06. The molecule has 0 aromatic heterocycles. The van der Waals surface area contributed by atoms with Crippen LogP contribution in [0.1, 0.15) is 40.0 Å². The summed E-state index contributed by atoms with van der Waals surface area (Å²) in [5, 5.41) is 3.47. The maximum atomic E-state index is 3.92. The average molecular weight is 205 g/mol. The summed E-state index contributed by atoms with van der Waals surface area (Å²) in [6, 6.07) is 0. The highest BCUT2D eigenvalue weighted by Crippen LogP contribution is 2.50. The molecule has 15 heavy (non-hydrogen) atoms. The van der Waals surface area contributed by atoms with Crippen LogP contribution >= 0.6 is 0 Å². The van der Waals surface area contributed by atoms with Crippen molar-refractivity contribution >= 4 is 0 Å². The van der Waals surface area contributed by atoms with E-state index in [9.17, 15) is 0 Å². The third-order valence-electron chi connectivity index (χ3n) is 3.33. The second-order valence-corrected chi connectivity index (χ2v) is 4.02. The maximum absolute atomic E-state index is 3.92. The molecule has 0 bridgehead atoms. The fraction of sp³-hybridized carbons (Fsp3) is 0.571. The number of hydrogen-bond acceptors (Lipinski definition) is 1. The van der Waals surface area contributed by atoms with Crippen molar-refractivity contribution in [2.45, 2.75) is 40.0 Å². The highest BCUT2D eigenvalue weighted by molar-refractivity contribution is 5.42. The first kappa shape index (κ1) is 12.1. The molecule has 0 aromatic rings. The summed E-state index contributed by atoms with van der Waals surface area (Å²) in [6.45, 7) is 11.1. The van der Waals surface area contributed by atoms with Gasteiger partial charge in [0.15, 0.2) is 0 Å². The molecule has 1 spiro atoms. The lowest BCUT2D eigenvalue weighted by molar-refractivity contribution is 0.207. The summed E-state index contributed by atoms with van der Waals surface area (Å²) in [5.74, 6) is 0. The van der Waals surface area contributed by atoms with Gasteiger partial charge in [-0.2, -0.15) is 0 Å². The fourth-order valence-electron chi connectivity index (χ4n) is 2.43. The Labute approximate surface area is 94.0 Å². The van der Waals surface area contributed by atoms with E-state index in [0.717, 1.165) is 6.54 Å². The molecule has 1 heteroatoms. The minimum Gasteiger partial charge on any atom is -0.384 e. The van der Waals surface area contributed by atoms with Gasteiger partial charge in [0, 0.05) is 17.7 Å². The molecule has 0 atom stereocenters. The summed E-state index contributed by atoms with van der Waals surface area (Å²) in [6.07, 6.45) is 10.3. The topological polar surface area (TPSA) is 12.0 Å². The van der Waals surface area contributed by atoms with Crippen molar-refractivity contribution in [3.8, 4) is 0 Å². The van der Waals surface area contributed by atoms with Crippen LogP contribution in [0.25, 0.3) is 0 Å². The van der Waals surface area contributed by atoms with E-state index in [2.05, 4.69) is 31.0 Å². The third kappa shape index (κ3) is 2.01. The molecule has 2 aliphatic rings. The van der Waals surface area contributed by atoms with Gasteiger partial charge < -0.3 is 5.32 Å². The molecule has 0 unspecified atom stereocenters. The zero-order chi connectivity index (χ0) is 11.3. The second kappa shape index (κ2) is 5.20. The van der Waals surface area contributed by atoms with Gasteiger partial charge in [0.25, 0.3) is 0 Å². The first-order chi connectivity index (χ1) is 7.32. The van der Waals surface area contributed by atoms with Gasteiger partial charge >= 0.3 is 0 Å². The molecule has 0 saturated heterocycles. The van der Waals surface area contributed by atoms with Crippen LogP contribution in [-0.4, -0.2) is 6.54 Å². The first-order valence-corrected chi connectivity index (χ1v) is 6.06. The molecular formula is C14H23N. The zero-order valence-electron chi connectivity index (χ0n) is 10.3. The van der Waals surface area contributed by atoms with Crippen LogP contribution in [0.5, 0.6) is 0 Å². The number of nitrogens with one attached hydrogen (secondary N) is 1. The standard InChI is InChI=1S/C12H17N.C2H6/c1-3-6-11-10(4-2)12(9-13-11)7-5-8-12;1-2/h3-4,6,13H,2,5,7-9H2,1H3;1-2H3/b6-3-;. The van der Waals surface area contributed by atoms with Gasteiger partial charge in [-0.05, 0) is 31.4 Å². The zero-order valence-corrected chi connectivity index (χ0v) is 10.3. The van der Waals surface area contributed by atoms with Crippen LogP contribution in [0.15, 0.2) is 36.1 Å². The average Bonchev–Trinajstić information content (AvgIpc) is 2.60. The van der Waals surface area contributed by atoms with Gasteiger partial charge in [-0.25, -0.2) is 0 Å². The lowest BCUT2D eigenvalue weighted by Gasteiger charge is -2.39. The summed E-state index contributed by atoms with van der Waals surface area (Å²) in [4.78, 5) is 0. The van der Waals surface area contributed by atoms with Crippen molar-refractivity contribution in [3.05, 3.63) is 36.1 Å². The number of hydrogen-bond donors (Lipinski definition) is 1. The van der Waals surface area contributed by atoms with E-state index >= 15 is 0 Å². The van der Waals surface area contributed by atoms with Gasteiger partial charge in [-0.1, -0.05) is 39.0 Å². The SMILES string of the molecule is C=CC1=C(/C=C\C)NCC12CCC2.CC. The van der Waals surface area contributed by atoms with E-state index in [-0.39, 0.29) is 0 Å². The van der Waals surface area contributed by atoms with Crippen LogP contribution in [0.4, 0.5) is 0 Å². The van der Waals surface area contributed by atoms with E-state index in [1.165, 1.54) is 30.5 Å². The third-order valence-corrected chi connectivity index (χ3v) is 3.33. The Bertz CT molecular complexity index is 280. The van der Waals surface area contributed by atoms with E-state index in [4.69, 9.17) is 0 Å². The lowest BCUT2D eigenvalue weighted by atomic mass is 9.65. The Morgan fingerprint density at radius 2 is 2.00 bits per heavy atom. The second-order valence-electron chi connectivity index (χ2n) is 4.02. The maximum Gasteiger partial charge on any atom is 0.0375 e. The minimum atomic E-state index is 0.455. The van der Waals surface area contributed by atoms with Crippen molar-refractivity contribution in [3.63, 3.8) is 0 Å². The van der Waals surface area contributed by atoms with Crippen LogP contribution in [0, 0.1) is 5.41 Å². The van der Waals surface area contributed by atoms with E-state index in [1.54, 1.807) is 0 Å². The Morgan fingerprint density at radius 1 is 1.33 bits per heavy atom. The quantitative estimate of drug-likeness (QED) is 0.723. The molecule has 0 amide bonds.